The molecule has 2 heterocycles. The average molecular weight is 341 g/mol. The minimum atomic E-state index is -0.113. The summed E-state index contributed by atoms with van der Waals surface area (Å²) in [6, 6.07) is 11.5. The summed E-state index contributed by atoms with van der Waals surface area (Å²) < 4.78 is 5.16. The molecule has 0 unspecified atom stereocenters. The highest BCUT2D eigenvalue weighted by Gasteiger charge is 2.24. The Hall–Kier alpha value is -2.76. The summed E-state index contributed by atoms with van der Waals surface area (Å²) in [5.41, 5.74) is 1.65. The van der Waals surface area contributed by atoms with Crippen LogP contribution in [-0.2, 0) is 6.54 Å². The Bertz CT molecular complexity index is 719. The van der Waals surface area contributed by atoms with E-state index in [1.165, 1.54) is 6.26 Å². The van der Waals surface area contributed by atoms with Crippen LogP contribution in [0.15, 0.2) is 47.1 Å². The number of urea groups is 1. The number of likely N-dealkylation sites (tertiary alicyclic amines) is 1. The van der Waals surface area contributed by atoms with Gasteiger partial charge in [0.05, 0.1) is 11.8 Å². The van der Waals surface area contributed by atoms with Crippen molar-refractivity contribution in [2.45, 2.75) is 32.4 Å². The first-order valence-electron chi connectivity index (χ1n) is 8.55. The number of furan rings is 1. The average Bonchev–Trinajstić information content (AvgIpc) is 3.07. The third kappa shape index (κ3) is 4.41. The normalized spacial score (nSPS) is 15.0. The fraction of sp³-hybridized carbons (Fsp3) is 0.368. The molecule has 1 aromatic heterocycles. The molecule has 1 aliphatic heterocycles. The highest BCUT2D eigenvalue weighted by Crippen LogP contribution is 2.13. The first-order valence-corrected chi connectivity index (χ1v) is 8.55. The van der Waals surface area contributed by atoms with Crippen molar-refractivity contribution in [1.29, 1.82) is 0 Å². The molecule has 25 heavy (non-hydrogen) atoms. The molecule has 1 aromatic carbocycles. The maximum Gasteiger partial charge on any atom is 0.317 e. The third-order valence-electron chi connectivity index (χ3n) is 4.51. The maximum absolute atomic E-state index is 12.2. The molecule has 2 N–H and O–H groups in total. The predicted molar refractivity (Wildman–Crippen MR) is 94.2 cm³/mol. The van der Waals surface area contributed by atoms with E-state index in [1.807, 2.05) is 30.3 Å². The first-order chi connectivity index (χ1) is 12.1. The van der Waals surface area contributed by atoms with Gasteiger partial charge in [-0.25, -0.2) is 4.79 Å². The molecule has 3 rings (SSSR count). The van der Waals surface area contributed by atoms with E-state index in [-0.39, 0.29) is 18.0 Å². The van der Waals surface area contributed by atoms with Crippen molar-refractivity contribution < 1.29 is 14.0 Å². The summed E-state index contributed by atoms with van der Waals surface area (Å²) in [5, 5.41) is 5.96. The zero-order chi connectivity index (χ0) is 17.6. The van der Waals surface area contributed by atoms with E-state index < -0.39 is 0 Å². The number of carbonyl (C=O) groups is 2. The van der Waals surface area contributed by atoms with Gasteiger partial charge in [-0.3, -0.25) is 4.79 Å². The predicted octanol–water partition coefficient (Wildman–Crippen LogP) is 2.69. The van der Waals surface area contributed by atoms with Gasteiger partial charge in [-0.2, -0.15) is 0 Å². The number of hydrogen-bond donors (Lipinski definition) is 2. The quantitative estimate of drug-likeness (QED) is 0.898. The smallest absolute Gasteiger partial charge is 0.317 e. The molecule has 132 valence electrons. The standard InChI is InChI=1S/C19H23N3O3/c1-14-17(9-12-25-14)18(23)21-16-7-10-22(11-8-16)19(24)20-13-15-5-3-2-4-6-15/h2-6,9,12,16H,7-8,10-11,13H2,1H3,(H,20,24)(H,21,23). The summed E-state index contributed by atoms with van der Waals surface area (Å²) in [7, 11) is 0. The zero-order valence-corrected chi connectivity index (χ0v) is 14.3. The summed E-state index contributed by atoms with van der Waals surface area (Å²) in [4.78, 5) is 26.3. The molecular weight excluding hydrogens is 318 g/mol. The molecular formula is C19H23N3O3. The molecule has 0 radical (unpaired) electrons. The van der Waals surface area contributed by atoms with E-state index in [2.05, 4.69) is 10.6 Å². The van der Waals surface area contributed by atoms with Crippen LogP contribution in [0.25, 0.3) is 0 Å². The van der Waals surface area contributed by atoms with E-state index in [9.17, 15) is 9.59 Å². The Morgan fingerprint density at radius 2 is 1.88 bits per heavy atom. The highest BCUT2D eigenvalue weighted by atomic mass is 16.3. The van der Waals surface area contributed by atoms with Crippen molar-refractivity contribution in [2.24, 2.45) is 0 Å². The van der Waals surface area contributed by atoms with Crippen molar-refractivity contribution in [1.82, 2.24) is 15.5 Å². The molecule has 2 aromatic rings. The maximum atomic E-state index is 12.2. The van der Waals surface area contributed by atoms with Gasteiger partial charge in [-0.15, -0.1) is 0 Å². The Labute approximate surface area is 147 Å². The molecule has 6 nitrogen and oxygen atoms in total. The third-order valence-corrected chi connectivity index (χ3v) is 4.51. The van der Waals surface area contributed by atoms with Crippen LogP contribution in [0, 0.1) is 6.92 Å². The van der Waals surface area contributed by atoms with Gasteiger partial charge >= 0.3 is 6.03 Å². The minimum Gasteiger partial charge on any atom is -0.469 e. The van der Waals surface area contributed by atoms with Crippen molar-refractivity contribution in [2.75, 3.05) is 13.1 Å². The zero-order valence-electron chi connectivity index (χ0n) is 14.3. The van der Waals surface area contributed by atoms with Crippen LogP contribution in [0.2, 0.25) is 0 Å². The lowest BCUT2D eigenvalue weighted by Crippen LogP contribution is -2.49. The van der Waals surface area contributed by atoms with Crippen molar-refractivity contribution >= 4 is 11.9 Å². The van der Waals surface area contributed by atoms with Gasteiger partial charge in [0.15, 0.2) is 0 Å². The molecule has 1 aliphatic rings. The minimum absolute atomic E-state index is 0.0562. The number of piperidine rings is 1. The molecule has 3 amide bonds. The van der Waals surface area contributed by atoms with Crippen molar-refractivity contribution in [3.8, 4) is 0 Å². The van der Waals surface area contributed by atoms with E-state index in [1.54, 1.807) is 17.9 Å². The lowest BCUT2D eigenvalue weighted by molar-refractivity contribution is 0.0916. The van der Waals surface area contributed by atoms with Crippen LogP contribution in [0.1, 0.15) is 34.5 Å². The Morgan fingerprint density at radius 1 is 1.16 bits per heavy atom. The van der Waals surface area contributed by atoms with Gasteiger partial charge in [-0.1, -0.05) is 30.3 Å². The number of rotatable bonds is 4. The second-order valence-electron chi connectivity index (χ2n) is 6.27. The lowest BCUT2D eigenvalue weighted by atomic mass is 10.0. The number of nitrogens with one attached hydrogen (secondary N) is 2. The second-order valence-corrected chi connectivity index (χ2v) is 6.27. The number of benzene rings is 1. The fourth-order valence-electron chi connectivity index (χ4n) is 3.00. The van der Waals surface area contributed by atoms with Gasteiger partial charge in [0.2, 0.25) is 0 Å². The summed E-state index contributed by atoms with van der Waals surface area (Å²) in [5.74, 6) is 0.508. The van der Waals surface area contributed by atoms with Crippen LogP contribution in [0.4, 0.5) is 4.79 Å². The largest absolute Gasteiger partial charge is 0.469 e. The fourth-order valence-corrected chi connectivity index (χ4v) is 3.00. The van der Waals surface area contributed by atoms with E-state index in [0.717, 1.165) is 18.4 Å². The van der Waals surface area contributed by atoms with Gasteiger partial charge in [0, 0.05) is 25.7 Å². The number of nitrogens with zero attached hydrogens (tertiary/aromatic N) is 1. The van der Waals surface area contributed by atoms with E-state index in [4.69, 9.17) is 4.42 Å². The molecule has 0 spiro atoms. The number of amides is 3. The number of aryl methyl sites for hydroxylation is 1. The van der Waals surface area contributed by atoms with Gasteiger partial charge in [0.1, 0.15) is 5.76 Å². The van der Waals surface area contributed by atoms with Crippen molar-refractivity contribution in [3.05, 3.63) is 59.5 Å². The monoisotopic (exact) mass is 341 g/mol. The van der Waals surface area contributed by atoms with E-state index >= 15 is 0 Å². The highest BCUT2D eigenvalue weighted by molar-refractivity contribution is 5.95. The van der Waals surface area contributed by atoms with Gasteiger partial charge in [0.25, 0.3) is 5.91 Å². The van der Waals surface area contributed by atoms with Crippen LogP contribution in [-0.4, -0.2) is 36.0 Å². The Morgan fingerprint density at radius 3 is 2.52 bits per heavy atom. The van der Waals surface area contributed by atoms with Crippen LogP contribution in [0.5, 0.6) is 0 Å². The van der Waals surface area contributed by atoms with Crippen molar-refractivity contribution in [3.63, 3.8) is 0 Å². The first kappa shape index (κ1) is 17.1. The molecule has 0 saturated carbocycles. The summed E-state index contributed by atoms with van der Waals surface area (Å²) in [6.07, 6.45) is 3.02. The second kappa shape index (κ2) is 7.88. The lowest BCUT2D eigenvalue weighted by Gasteiger charge is -2.32. The Balaban J connectivity index is 1.43. The molecule has 1 saturated heterocycles. The summed E-state index contributed by atoms with van der Waals surface area (Å²) >= 11 is 0. The molecule has 0 aliphatic carbocycles. The van der Waals surface area contributed by atoms with Crippen LogP contribution < -0.4 is 10.6 Å². The number of carbonyl (C=O) groups excluding carboxylic acids is 2. The molecule has 0 atom stereocenters. The summed E-state index contributed by atoms with van der Waals surface area (Å²) in [6.45, 7) is 3.57. The Kier molecular flexibility index (Phi) is 5.38. The van der Waals surface area contributed by atoms with Gasteiger partial charge < -0.3 is 20.0 Å². The van der Waals surface area contributed by atoms with Crippen LogP contribution in [0.3, 0.4) is 0 Å². The van der Waals surface area contributed by atoms with Gasteiger partial charge in [-0.05, 0) is 31.4 Å². The van der Waals surface area contributed by atoms with E-state index in [0.29, 0.717) is 31.0 Å². The number of hydrogen-bond acceptors (Lipinski definition) is 3. The molecule has 1 fully saturated rings. The molecule has 6 heteroatoms. The SMILES string of the molecule is Cc1occc1C(=O)NC1CCN(C(=O)NCc2ccccc2)CC1. The topological polar surface area (TPSA) is 74.6 Å². The van der Waals surface area contributed by atoms with Crippen LogP contribution >= 0.6 is 0 Å². The molecule has 0 bridgehead atoms.